The highest BCUT2D eigenvalue weighted by atomic mass is 16.6. The molecule has 1 heterocycles. The van der Waals surface area contributed by atoms with Gasteiger partial charge in [0.2, 0.25) is 0 Å². The van der Waals surface area contributed by atoms with Crippen molar-refractivity contribution < 1.29 is 9.94 Å². The molecule has 2 unspecified atom stereocenters. The summed E-state index contributed by atoms with van der Waals surface area (Å²) in [6.07, 6.45) is -0.106. The van der Waals surface area contributed by atoms with Gasteiger partial charge in [-0.05, 0) is 12.5 Å². The summed E-state index contributed by atoms with van der Waals surface area (Å²) in [4.78, 5) is 4.10. The van der Waals surface area contributed by atoms with Gasteiger partial charge in [0.1, 0.15) is 6.10 Å². The van der Waals surface area contributed by atoms with Crippen molar-refractivity contribution in [3.8, 4) is 0 Å². The smallest absolute Gasteiger partial charge is 0.310 e. The van der Waals surface area contributed by atoms with Gasteiger partial charge in [0.15, 0.2) is 0 Å². The van der Waals surface area contributed by atoms with Crippen LogP contribution in [0.4, 0.5) is 0 Å². The number of nitrogens with one attached hydrogen (secondary N) is 1. The molecule has 1 aromatic carbocycles. The second-order valence-corrected chi connectivity index (χ2v) is 3.24. The van der Waals surface area contributed by atoms with E-state index in [1.165, 1.54) is 0 Å². The first-order valence-electron chi connectivity index (χ1n) is 4.51. The quantitative estimate of drug-likeness (QED) is 0.663. The number of rotatable bonds is 1. The number of hydrogen-bond acceptors (Lipinski definition) is 4. The van der Waals surface area contributed by atoms with Crippen LogP contribution in [0.5, 0.6) is 0 Å². The van der Waals surface area contributed by atoms with Crippen molar-refractivity contribution in [1.29, 1.82) is 0 Å². The number of nitrogens with zero attached hydrogens (tertiary/aromatic N) is 1. The molecule has 2 N–H and O–H groups in total. The molecule has 4 heteroatoms. The third-order valence-electron chi connectivity index (χ3n) is 2.22. The van der Waals surface area contributed by atoms with Crippen LogP contribution in [0.25, 0.3) is 0 Å². The Labute approximate surface area is 82.2 Å². The summed E-state index contributed by atoms with van der Waals surface area (Å²) in [5.74, 6) is 0. The van der Waals surface area contributed by atoms with E-state index < -0.39 is 0 Å². The second-order valence-electron chi connectivity index (χ2n) is 3.24. The number of ether oxygens (including phenoxy) is 1. The first-order valence-corrected chi connectivity index (χ1v) is 4.51. The Balaban J connectivity index is 2.16. The van der Waals surface area contributed by atoms with Gasteiger partial charge in [-0.3, -0.25) is 5.21 Å². The summed E-state index contributed by atoms with van der Waals surface area (Å²) in [7, 11) is 0. The van der Waals surface area contributed by atoms with Crippen molar-refractivity contribution in [3.05, 3.63) is 35.9 Å². The molecule has 14 heavy (non-hydrogen) atoms. The largest absolute Gasteiger partial charge is 0.453 e. The van der Waals surface area contributed by atoms with Crippen LogP contribution in [0.3, 0.4) is 0 Å². The van der Waals surface area contributed by atoms with Crippen LogP contribution in [-0.4, -0.2) is 17.3 Å². The normalized spacial score (nSPS) is 25.4. The van der Waals surface area contributed by atoms with Crippen molar-refractivity contribution in [1.82, 2.24) is 5.48 Å². The molecule has 0 spiro atoms. The van der Waals surface area contributed by atoms with Crippen LogP contribution >= 0.6 is 0 Å². The summed E-state index contributed by atoms with van der Waals surface area (Å²) in [5, 5.41) is 8.64. The fraction of sp³-hybridized carbons (Fsp3) is 0.300. The second kappa shape index (κ2) is 3.67. The molecule has 1 aromatic rings. The van der Waals surface area contributed by atoms with E-state index in [2.05, 4.69) is 4.99 Å². The Hall–Kier alpha value is -1.55. The molecule has 74 valence electrons. The Morgan fingerprint density at radius 3 is 2.64 bits per heavy atom. The number of amidine groups is 1. The van der Waals surface area contributed by atoms with E-state index in [-0.39, 0.29) is 18.2 Å². The van der Waals surface area contributed by atoms with Crippen molar-refractivity contribution in [3.63, 3.8) is 0 Å². The zero-order chi connectivity index (χ0) is 9.97. The Morgan fingerprint density at radius 1 is 1.36 bits per heavy atom. The average Bonchev–Trinajstić information content (AvgIpc) is 2.61. The number of benzene rings is 1. The lowest BCUT2D eigenvalue weighted by atomic mass is 10.0. The highest BCUT2D eigenvalue weighted by molar-refractivity contribution is 5.74. The molecular formula is C10H12N2O2. The molecule has 1 aliphatic heterocycles. The topological polar surface area (TPSA) is 53.9 Å². The molecule has 0 saturated heterocycles. The van der Waals surface area contributed by atoms with Crippen LogP contribution < -0.4 is 5.48 Å². The highest BCUT2D eigenvalue weighted by Gasteiger charge is 2.28. The third kappa shape index (κ3) is 1.56. The number of hydrogen-bond donors (Lipinski definition) is 2. The number of hydroxylamine groups is 1. The Morgan fingerprint density at radius 2 is 2.07 bits per heavy atom. The molecule has 2 rings (SSSR count). The van der Waals surface area contributed by atoms with Crippen LogP contribution in [0.15, 0.2) is 35.3 Å². The van der Waals surface area contributed by atoms with Gasteiger partial charge in [-0.2, -0.15) is 0 Å². The van der Waals surface area contributed by atoms with Crippen LogP contribution in [0, 0.1) is 0 Å². The van der Waals surface area contributed by atoms with E-state index in [0.29, 0.717) is 0 Å². The first-order chi connectivity index (χ1) is 6.81. The van der Waals surface area contributed by atoms with Gasteiger partial charge in [-0.15, -0.1) is 0 Å². The molecule has 0 bridgehead atoms. The standard InChI is InChI=1S/C10H12N2O2/c1-7-9(14-10(11-7)12-13)8-5-3-2-4-6-8/h2-7,9,13H,1H3,(H,11,12). The predicted octanol–water partition coefficient (Wildman–Crippen LogP) is 1.48. The molecule has 2 atom stereocenters. The van der Waals surface area contributed by atoms with E-state index in [0.717, 1.165) is 5.56 Å². The van der Waals surface area contributed by atoms with Crippen molar-refractivity contribution in [2.45, 2.75) is 19.1 Å². The minimum Gasteiger partial charge on any atom is -0.453 e. The van der Waals surface area contributed by atoms with Crippen molar-refractivity contribution >= 4 is 6.02 Å². The molecule has 4 nitrogen and oxygen atoms in total. The van der Waals surface area contributed by atoms with Gasteiger partial charge in [-0.25, -0.2) is 10.5 Å². The Kier molecular flexibility index (Phi) is 2.37. The van der Waals surface area contributed by atoms with Crippen molar-refractivity contribution in [2.24, 2.45) is 4.99 Å². The van der Waals surface area contributed by atoms with E-state index >= 15 is 0 Å². The first kappa shape index (κ1) is 9.02. The van der Waals surface area contributed by atoms with Crippen molar-refractivity contribution in [2.75, 3.05) is 0 Å². The molecule has 0 fully saturated rings. The van der Waals surface area contributed by atoms with Gasteiger partial charge < -0.3 is 4.74 Å². The summed E-state index contributed by atoms with van der Waals surface area (Å²) in [6.45, 7) is 1.95. The van der Waals surface area contributed by atoms with Gasteiger partial charge in [0.25, 0.3) is 0 Å². The summed E-state index contributed by atoms with van der Waals surface area (Å²) < 4.78 is 5.40. The fourth-order valence-electron chi connectivity index (χ4n) is 1.55. The molecule has 0 aromatic heterocycles. The summed E-state index contributed by atoms with van der Waals surface area (Å²) in [5.41, 5.74) is 2.99. The van der Waals surface area contributed by atoms with E-state index in [1.54, 1.807) is 0 Å². The average molecular weight is 192 g/mol. The molecule has 0 saturated carbocycles. The van der Waals surface area contributed by atoms with E-state index in [9.17, 15) is 0 Å². The molecule has 0 aliphatic carbocycles. The maximum Gasteiger partial charge on any atom is 0.310 e. The van der Waals surface area contributed by atoms with E-state index in [1.807, 2.05) is 42.7 Å². The third-order valence-corrected chi connectivity index (χ3v) is 2.22. The lowest BCUT2D eigenvalue weighted by molar-refractivity contribution is 0.145. The summed E-state index contributed by atoms with van der Waals surface area (Å²) >= 11 is 0. The van der Waals surface area contributed by atoms with Gasteiger partial charge >= 0.3 is 6.02 Å². The lowest BCUT2D eigenvalue weighted by Gasteiger charge is -2.14. The monoisotopic (exact) mass is 192 g/mol. The zero-order valence-corrected chi connectivity index (χ0v) is 7.84. The summed E-state index contributed by atoms with van der Waals surface area (Å²) in [6, 6.07) is 10.0. The maximum atomic E-state index is 8.64. The van der Waals surface area contributed by atoms with E-state index in [4.69, 9.17) is 9.94 Å². The highest BCUT2D eigenvalue weighted by Crippen LogP contribution is 2.27. The van der Waals surface area contributed by atoms with Crippen LogP contribution in [0.2, 0.25) is 0 Å². The fourth-order valence-corrected chi connectivity index (χ4v) is 1.55. The minimum absolute atomic E-state index is 0.0204. The SMILES string of the molecule is CC1N=C(NO)OC1c1ccccc1. The zero-order valence-electron chi connectivity index (χ0n) is 7.84. The molecule has 0 amide bonds. The number of aliphatic imine (C=N–C) groups is 1. The molecule has 0 radical (unpaired) electrons. The van der Waals surface area contributed by atoms with Crippen LogP contribution in [-0.2, 0) is 4.74 Å². The predicted molar refractivity (Wildman–Crippen MR) is 52.1 cm³/mol. The van der Waals surface area contributed by atoms with Gasteiger partial charge in [0.05, 0.1) is 6.04 Å². The van der Waals surface area contributed by atoms with Crippen LogP contribution in [0.1, 0.15) is 18.6 Å². The molecular weight excluding hydrogens is 180 g/mol. The minimum atomic E-state index is -0.106. The van der Waals surface area contributed by atoms with Gasteiger partial charge in [-0.1, -0.05) is 30.3 Å². The Bertz CT molecular complexity index is 337. The maximum absolute atomic E-state index is 8.64. The van der Waals surface area contributed by atoms with Gasteiger partial charge in [0, 0.05) is 0 Å². The molecule has 1 aliphatic rings. The lowest BCUT2D eigenvalue weighted by Crippen LogP contribution is -2.19.